The average Bonchev–Trinajstić information content (AvgIpc) is 2.23. The maximum atomic E-state index is 11.2. The Morgan fingerprint density at radius 1 is 1.47 bits per heavy atom. The van der Waals surface area contributed by atoms with E-state index in [2.05, 4.69) is 15.3 Å². The van der Waals surface area contributed by atoms with Gasteiger partial charge in [-0.15, -0.1) is 0 Å². The standard InChI is InChI=1S/C12H17N3O2/c1-8(2)9-6-10(14-7-13-9)15-12(11(16)17)4-3-5-12/h6-8H,3-5H2,1-2H3,(H,16,17)(H,13,14,15). The van der Waals surface area contributed by atoms with E-state index in [-0.39, 0.29) is 0 Å². The summed E-state index contributed by atoms with van der Waals surface area (Å²) in [7, 11) is 0. The number of hydrogen-bond acceptors (Lipinski definition) is 4. The zero-order valence-corrected chi connectivity index (χ0v) is 10.1. The number of rotatable bonds is 4. The summed E-state index contributed by atoms with van der Waals surface area (Å²) in [6, 6.07) is 1.83. The fraction of sp³-hybridized carbons (Fsp3) is 0.583. The van der Waals surface area contributed by atoms with Crippen LogP contribution in [0.25, 0.3) is 0 Å². The highest BCUT2D eigenvalue weighted by Crippen LogP contribution is 2.35. The minimum Gasteiger partial charge on any atom is -0.480 e. The van der Waals surface area contributed by atoms with Gasteiger partial charge < -0.3 is 10.4 Å². The van der Waals surface area contributed by atoms with Gasteiger partial charge >= 0.3 is 5.97 Å². The number of aliphatic carboxylic acids is 1. The van der Waals surface area contributed by atoms with Crippen LogP contribution in [-0.4, -0.2) is 26.6 Å². The van der Waals surface area contributed by atoms with Crippen LogP contribution in [0.1, 0.15) is 44.7 Å². The maximum absolute atomic E-state index is 11.2. The lowest BCUT2D eigenvalue weighted by Gasteiger charge is -2.38. The number of carbonyl (C=O) groups is 1. The van der Waals surface area contributed by atoms with Gasteiger partial charge in [-0.1, -0.05) is 13.8 Å². The Labute approximate surface area is 100 Å². The molecule has 17 heavy (non-hydrogen) atoms. The molecule has 0 bridgehead atoms. The van der Waals surface area contributed by atoms with Crippen molar-refractivity contribution in [3.8, 4) is 0 Å². The van der Waals surface area contributed by atoms with Crippen LogP contribution in [-0.2, 0) is 4.79 Å². The van der Waals surface area contributed by atoms with Gasteiger partial charge in [0.05, 0.1) is 0 Å². The van der Waals surface area contributed by atoms with Crippen LogP contribution in [0.2, 0.25) is 0 Å². The summed E-state index contributed by atoms with van der Waals surface area (Å²) in [5.41, 5.74) is 0.102. The lowest BCUT2D eigenvalue weighted by molar-refractivity contribution is -0.145. The second-order valence-corrected chi connectivity index (χ2v) is 4.85. The SMILES string of the molecule is CC(C)c1cc(NC2(C(=O)O)CCC2)ncn1. The molecule has 1 aromatic rings. The van der Waals surface area contributed by atoms with Gasteiger partial charge in [-0.3, -0.25) is 0 Å². The van der Waals surface area contributed by atoms with Crippen molar-refractivity contribution in [3.05, 3.63) is 18.1 Å². The van der Waals surface area contributed by atoms with Gasteiger partial charge in [-0.25, -0.2) is 14.8 Å². The Bertz CT molecular complexity index is 428. The second kappa shape index (κ2) is 4.31. The molecule has 0 spiro atoms. The van der Waals surface area contributed by atoms with E-state index in [9.17, 15) is 9.90 Å². The van der Waals surface area contributed by atoms with Gasteiger partial charge in [0.25, 0.3) is 0 Å². The van der Waals surface area contributed by atoms with E-state index in [1.54, 1.807) is 0 Å². The normalized spacial score (nSPS) is 17.6. The molecule has 5 heteroatoms. The summed E-state index contributed by atoms with van der Waals surface area (Å²) in [5.74, 6) is 0.111. The number of carboxylic acid groups (broad SMARTS) is 1. The number of hydrogen-bond donors (Lipinski definition) is 2. The van der Waals surface area contributed by atoms with E-state index in [1.807, 2.05) is 19.9 Å². The number of aromatic nitrogens is 2. The molecule has 5 nitrogen and oxygen atoms in total. The van der Waals surface area contributed by atoms with Crippen molar-refractivity contribution in [3.63, 3.8) is 0 Å². The molecule has 0 aromatic carbocycles. The third kappa shape index (κ3) is 2.23. The first kappa shape index (κ1) is 11.8. The average molecular weight is 235 g/mol. The second-order valence-electron chi connectivity index (χ2n) is 4.85. The monoisotopic (exact) mass is 235 g/mol. The minimum absolute atomic E-state index is 0.306. The van der Waals surface area contributed by atoms with E-state index < -0.39 is 11.5 Å². The van der Waals surface area contributed by atoms with Crippen LogP contribution in [0, 0.1) is 0 Å². The molecule has 1 aliphatic rings. The smallest absolute Gasteiger partial charge is 0.329 e. The van der Waals surface area contributed by atoms with Gasteiger partial charge in [-0.2, -0.15) is 0 Å². The van der Waals surface area contributed by atoms with Crippen molar-refractivity contribution >= 4 is 11.8 Å². The maximum Gasteiger partial charge on any atom is 0.329 e. The fourth-order valence-electron chi connectivity index (χ4n) is 1.92. The Hall–Kier alpha value is -1.65. The molecule has 0 aliphatic heterocycles. The third-order valence-corrected chi connectivity index (χ3v) is 3.26. The third-order valence-electron chi connectivity index (χ3n) is 3.26. The summed E-state index contributed by atoms with van der Waals surface area (Å²) in [6.45, 7) is 4.09. The summed E-state index contributed by atoms with van der Waals surface area (Å²) < 4.78 is 0. The topological polar surface area (TPSA) is 75.1 Å². The first-order valence-electron chi connectivity index (χ1n) is 5.87. The van der Waals surface area contributed by atoms with Crippen LogP contribution in [0.3, 0.4) is 0 Å². The van der Waals surface area contributed by atoms with Crippen molar-refractivity contribution in [2.24, 2.45) is 0 Å². The van der Waals surface area contributed by atoms with Gasteiger partial charge in [0.15, 0.2) is 0 Å². The Kier molecular flexibility index (Phi) is 3.00. The summed E-state index contributed by atoms with van der Waals surface area (Å²) in [5, 5.41) is 12.3. The number of carboxylic acids is 1. The quantitative estimate of drug-likeness (QED) is 0.835. The molecule has 0 atom stereocenters. The predicted octanol–water partition coefficient (Wildman–Crippen LogP) is 2.02. The first-order valence-corrected chi connectivity index (χ1v) is 5.87. The van der Waals surface area contributed by atoms with Gasteiger partial charge in [0.1, 0.15) is 17.7 Å². The highest BCUT2D eigenvalue weighted by molar-refractivity contribution is 5.83. The molecule has 0 amide bonds. The van der Waals surface area contributed by atoms with Crippen molar-refractivity contribution in [2.75, 3.05) is 5.32 Å². The molecule has 1 heterocycles. The molecule has 1 saturated carbocycles. The molecule has 2 N–H and O–H groups in total. The zero-order valence-electron chi connectivity index (χ0n) is 10.1. The molecule has 1 aromatic heterocycles. The molecule has 2 rings (SSSR count). The van der Waals surface area contributed by atoms with Crippen molar-refractivity contribution < 1.29 is 9.90 Å². The van der Waals surface area contributed by atoms with Crippen LogP contribution < -0.4 is 5.32 Å². The Morgan fingerprint density at radius 3 is 2.65 bits per heavy atom. The Balaban J connectivity index is 2.18. The van der Waals surface area contributed by atoms with Crippen molar-refractivity contribution in [1.82, 2.24) is 9.97 Å². The van der Waals surface area contributed by atoms with E-state index in [0.29, 0.717) is 24.6 Å². The van der Waals surface area contributed by atoms with Gasteiger partial charge in [-0.05, 0) is 25.2 Å². The lowest BCUT2D eigenvalue weighted by Crippen LogP contribution is -2.52. The van der Waals surface area contributed by atoms with Crippen molar-refractivity contribution in [1.29, 1.82) is 0 Å². The predicted molar refractivity (Wildman–Crippen MR) is 64.0 cm³/mol. The van der Waals surface area contributed by atoms with Crippen molar-refractivity contribution in [2.45, 2.75) is 44.6 Å². The number of nitrogens with one attached hydrogen (secondary N) is 1. The minimum atomic E-state index is -0.817. The summed E-state index contributed by atoms with van der Waals surface area (Å²) in [6.07, 6.45) is 3.74. The molecule has 1 fully saturated rings. The number of anilines is 1. The van der Waals surface area contributed by atoms with Gasteiger partial charge in [0.2, 0.25) is 0 Å². The first-order chi connectivity index (χ1) is 8.03. The molecule has 0 saturated heterocycles. The Morgan fingerprint density at radius 2 is 2.18 bits per heavy atom. The van der Waals surface area contributed by atoms with Crippen LogP contribution in [0.15, 0.2) is 12.4 Å². The lowest BCUT2D eigenvalue weighted by atomic mass is 9.77. The van der Waals surface area contributed by atoms with Crippen LogP contribution in [0.5, 0.6) is 0 Å². The van der Waals surface area contributed by atoms with Gasteiger partial charge in [0, 0.05) is 11.8 Å². The molecular formula is C12H17N3O2. The molecule has 92 valence electrons. The van der Waals surface area contributed by atoms with E-state index in [4.69, 9.17) is 0 Å². The molecule has 0 unspecified atom stereocenters. The highest BCUT2D eigenvalue weighted by atomic mass is 16.4. The summed E-state index contributed by atoms with van der Waals surface area (Å²) >= 11 is 0. The van der Waals surface area contributed by atoms with Crippen LogP contribution >= 0.6 is 0 Å². The van der Waals surface area contributed by atoms with E-state index >= 15 is 0 Å². The highest BCUT2D eigenvalue weighted by Gasteiger charge is 2.44. The van der Waals surface area contributed by atoms with Crippen LogP contribution in [0.4, 0.5) is 5.82 Å². The summed E-state index contributed by atoms with van der Waals surface area (Å²) in [4.78, 5) is 19.5. The van der Waals surface area contributed by atoms with E-state index in [1.165, 1.54) is 6.33 Å². The zero-order chi connectivity index (χ0) is 12.5. The van der Waals surface area contributed by atoms with E-state index in [0.717, 1.165) is 12.1 Å². The molecular weight excluding hydrogens is 218 g/mol. The fourth-order valence-corrected chi connectivity index (χ4v) is 1.92. The largest absolute Gasteiger partial charge is 0.480 e. The number of nitrogens with zero attached hydrogens (tertiary/aromatic N) is 2. The molecule has 0 radical (unpaired) electrons. The molecule has 1 aliphatic carbocycles.